The number of rotatable bonds is 4. The molecule has 4 nitrogen and oxygen atoms in total. The first-order valence-corrected chi connectivity index (χ1v) is 7.36. The van der Waals surface area contributed by atoms with Gasteiger partial charge < -0.3 is 14.0 Å². The largest absolute Gasteiger partial charge is 0.493 e. The minimum Gasteiger partial charge on any atom is -0.493 e. The number of hydrogen-bond donors (Lipinski definition) is 0. The van der Waals surface area contributed by atoms with E-state index in [9.17, 15) is 0 Å². The van der Waals surface area contributed by atoms with Gasteiger partial charge in [0.25, 0.3) is 0 Å². The maximum atomic E-state index is 6.09. The van der Waals surface area contributed by atoms with E-state index in [-0.39, 0.29) is 5.54 Å². The van der Waals surface area contributed by atoms with Crippen LogP contribution in [0.25, 0.3) is 11.0 Å². The van der Waals surface area contributed by atoms with E-state index < -0.39 is 0 Å². The molecule has 1 aromatic heterocycles. The van der Waals surface area contributed by atoms with Crippen LogP contribution in [0.15, 0.2) is 12.1 Å². The number of fused-ring (bicyclic) bond motifs is 1. The Kier molecular flexibility index (Phi) is 3.28. The molecule has 0 spiro atoms. The fourth-order valence-corrected chi connectivity index (χ4v) is 3.24. The van der Waals surface area contributed by atoms with Gasteiger partial charge in [-0.05, 0) is 26.2 Å². The van der Waals surface area contributed by atoms with Gasteiger partial charge >= 0.3 is 0 Å². The number of aromatic nitrogens is 2. The van der Waals surface area contributed by atoms with Crippen molar-refractivity contribution in [2.75, 3.05) is 14.2 Å². The highest BCUT2D eigenvalue weighted by Crippen LogP contribution is 2.43. The first kappa shape index (κ1) is 13.6. The van der Waals surface area contributed by atoms with Gasteiger partial charge in [0, 0.05) is 17.7 Å². The number of hydrogen-bond acceptors (Lipinski definition) is 3. The Hall–Kier alpha value is -1.42. The zero-order valence-electron chi connectivity index (χ0n) is 12.1. The van der Waals surface area contributed by atoms with Gasteiger partial charge in [-0.25, -0.2) is 4.98 Å². The number of nitrogens with zero attached hydrogens (tertiary/aromatic N) is 2. The fourth-order valence-electron chi connectivity index (χ4n) is 3.06. The molecule has 1 heterocycles. The quantitative estimate of drug-likeness (QED) is 0.807. The Morgan fingerprint density at radius 2 is 1.90 bits per heavy atom. The SMILES string of the molecule is COc1cc2nc(CCl)n(C3(C)CCC3)c2cc1OC. The zero-order valence-corrected chi connectivity index (χ0v) is 12.8. The lowest BCUT2D eigenvalue weighted by Crippen LogP contribution is -2.38. The van der Waals surface area contributed by atoms with Crippen molar-refractivity contribution in [3.63, 3.8) is 0 Å². The molecule has 0 N–H and O–H groups in total. The summed E-state index contributed by atoms with van der Waals surface area (Å²) in [5, 5.41) is 0. The maximum absolute atomic E-state index is 6.09. The molecule has 1 aliphatic rings. The van der Waals surface area contributed by atoms with Crippen molar-refractivity contribution in [2.45, 2.75) is 37.6 Å². The van der Waals surface area contributed by atoms with Gasteiger partial charge in [-0.15, -0.1) is 11.6 Å². The van der Waals surface area contributed by atoms with Crippen LogP contribution >= 0.6 is 11.6 Å². The second-order valence-electron chi connectivity index (χ2n) is 5.54. The van der Waals surface area contributed by atoms with E-state index in [4.69, 9.17) is 21.1 Å². The molecule has 0 atom stereocenters. The first-order valence-electron chi connectivity index (χ1n) is 6.83. The second kappa shape index (κ2) is 4.85. The lowest BCUT2D eigenvalue weighted by atomic mass is 9.78. The van der Waals surface area contributed by atoms with Crippen molar-refractivity contribution in [1.29, 1.82) is 0 Å². The van der Waals surface area contributed by atoms with E-state index in [2.05, 4.69) is 16.5 Å². The van der Waals surface area contributed by atoms with Gasteiger partial charge in [0.05, 0.1) is 31.1 Å². The summed E-state index contributed by atoms with van der Waals surface area (Å²) in [5.74, 6) is 2.75. The molecule has 3 rings (SSSR count). The van der Waals surface area contributed by atoms with Gasteiger partial charge in [0.15, 0.2) is 11.5 Å². The summed E-state index contributed by atoms with van der Waals surface area (Å²) in [5.41, 5.74) is 2.10. The molecule has 1 aliphatic carbocycles. The molecule has 5 heteroatoms. The van der Waals surface area contributed by atoms with E-state index in [1.54, 1.807) is 14.2 Å². The van der Waals surface area contributed by atoms with Crippen LogP contribution in [0.5, 0.6) is 11.5 Å². The molecule has 108 valence electrons. The molecule has 1 aromatic carbocycles. The van der Waals surface area contributed by atoms with Gasteiger partial charge in [-0.3, -0.25) is 0 Å². The van der Waals surface area contributed by atoms with Crippen LogP contribution in [0.1, 0.15) is 32.0 Å². The predicted octanol–water partition coefficient (Wildman–Crippen LogP) is 3.69. The molecule has 20 heavy (non-hydrogen) atoms. The molecule has 0 bridgehead atoms. The smallest absolute Gasteiger partial charge is 0.163 e. The maximum Gasteiger partial charge on any atom is 0.163 e. The van der Waals surface area contributed by atoms with E-state index >= 15 is 0 Å². The van der Waals surface area contributed by atoms with Gasteiger partial charge in [0.2, 0.25) is 0 Å². The predicted molar refractivity (Wildman–Crippen MR) is 79.9 cm³/mol. The Morgan fingerprint density at radius 1 is 1.25 bits per heavy atom. The highest BCUT2D eigenvalue weighted by atomic mass is 35.5. The van der Waals surface area contributed by atoms with Crippen LogP contribution in [0, 0.1) is 0 Å². The summed E-state index contributed by atoms with van der Waals surface area (Å²) in [7, 11) is 3.29. The Labute approximate surface area is 123 Å². The van der Waals surface area contributed by atoms with Crippen molar-refractivity contribution in [3.8, 4) is 11.5 Å². The molecule has 0 radical (unpaired) electrons. The third-order valence-corrected chi connectivity index (χ3v) is 4.56. The third kappa shape index (κ3) is 1.85. The summed E-state index contributed by atoms with van der Waals surface area (Å²) in [4.78, 5) is 4.66. The van der Waals surface area contributed by atoms with Crippen molar-refractivity contribution in [3.05, 3.63) is 18.0 Å². The van der Waals surface area contributed by atoms with Crippen molar-refractivity contribution in [1.82, 2.24) is 9.55 Å². The normalized spacial score (nSPS) is 17.0. The third-order valence-electron chi connectivity index (χ3n) is 4.32. The Bertz CT molecular complexity index is 647. The van der Waals surface area contributed by atoms with Gasteiger partial charge in [-0.1, -0.05) is 0 Å². The summed E-state index contributed by atoms with van der Waals surface area (Å²) in [6.45, 7) is 2.27. The average Bonchev–Trinajstić information content (AvgIpc) is 2.80. The average molecular weight is 295 g/mol. The number of alkyl halides is 1. The molecular weight excluding hydrogens is 276 g/mol. The van der Waals surface area contributed by atoms with Crippen LogP contribution in [-0.2, 0) is 11.4 Å². The first-order chi connectivity index (χ1) is 9.62. The number of ether oxygens (including phenoxy) is 2. The van der Waals surface area contributed by atoms with Crippen LogP contribution in [0.2, 0.25) is 0 Å². The molecule has 1 saturated carbocycles. The van der Waals surface area contributed by atoms with Crippen LogP contribution in [0.3, 0.4) is 0 Å². The van der Waals surface area contributed by atoms with E-state index in [0.717, 1.165) is 35.4 Å². The summed E-state index contributed by atoms with van der Waals surface area (Å²) < 4.78 is 13.0. The van der Waals surface area contributed by atoms with Crippen LogP contribution < -0.4 is 9.47 Å². The van der Waals surface area contributed by atoms with Crippen molar-refractivity contribution >= 4 is 22.6 Å². The molecule has 2 aromatic rings. The molecular formula is C15H19ClN2O2. The van der Waals surface area contributed by atoms with Crippen molar-refractivity contribution < 1.29 is 9.47 Å². The molecule has 0 amide bonds. The summed E-state index contributed by atoms with van der Waals surface area (Å²) in [6.07, 6.45) is 3.58. The van der Waals surface area contributed by atoms with Crippen molar-refractivity contribution in [2.24, 2.45) is 0 Å². The Morgan fingerprint density at radius 3 is 2.40 bits per heavy atom. The number of imidazole rings is 1. The zero-order chi connectivity index (χ0) is 14.3. The molecule has 0 unspecified atom stereocenters. The lowest BCUT2D eigenvalue weighted by Gasteiger charge is -2.41. The van der Waals surface area contributed by atoms with E-state index in [1.165, 1.54) is 6.42 Å². The molecule has 1 fully saturated rings. The topological polar surface area (TPSA) is 36.3 Å². The van der Waals surface area contributed by atoms with E-state index in [0.29, 0.717) is 11.6 Å². The Balaban J connectivity index is 2.26. The van der Waals surface area contributed by atoms with Gasteiger partial charge in [-0.2, -0.15) is 0 Å². The molecule has 0 saturated heterocycles. The number of benzene rings is 1. The second-order valence-corrected chi connectivity index (χ2v) is 5.81. The lowest BCUT2D eigenvalue weighted by molar-refractivity contribution is 0.170. The van der Waals surface area contributed by atoms with Gasteiger partial charge in [0.1, 0.15) is 5.82 Å². The monoisotopic (exact) mass is 294 g/mol. The molecule has 0 aliphatic heterocycles. The standard InChI is InChI=1S/C15H19ClN2O2/c1-15(5-4-6-15)18-11-8-13(20-3)12(19-2)7-10(11)17-14(18)9-16/h7-8H,4-6,9H2,1-3H3. The summed E-state index contributed by atoms with van der Waals surface area (Å²) in [6, 6.07) is 3.92. The number of methoxy groups -OCH3 is 2. The fraction of sp³-hybridized carbons (Fsp3) is 0.533. The highest BCUT2D eigenvalue weighted by Gasteiger charge is 2.36. The highest BCUT2D eigenvalue weighted by molar-refractivity contribution is 6.16. The van der Waals surface area contributed by atoms with Crippen LogP contribution in [0.4, 0.5) is 0 Å². The van der Waals surface area contributed by atoms with Crippen LogP contribution in [-0.4, -0.2) is 23.8 Å². The number of halogens is 1. The van der Waals surface area contributed by atoms with E-state index in [1.807, 2.05) is 12.1 Å². The summed E-state index contributed by atoms with van der Waals surface area (Å²) >= 11 is 6.09. The minimum absolute atomic E-state index is 0.124. The minimum atomic E-state index is 0.124.